The highest BCUT2D eigenvalue weighted by Crippen LogP contribution is 2.30. The number of rotatable bonds is 4. The minimum absolute atomic E-state index is 0.350. The molecule has 3 atom stereocenters. The molecule has 110 valence electrons. The third-order valence-corrected chi connectivity index (χ3v) is 4.97. The lowest BCUT2D eigenvalue weighted by Crippen LogP contribution is -2.45. The van der Waals surface area contributed by atoms with Crippen LogP contribution in [0.2, 0.25) is 0 Å². The van der Waals surface area contributed by atoms with E-state index in [1.165, 1.54) is 44.3 Å². The maximum atomic E-state index is 9.42. The van der Waals surface area contributed by atoms with E-state index in [9.17, 15) is 5.11 Å². The van der Waals surface area contributed by atoms with Gasteiger partial charge in [0.15, 0.2) is 0 Å². The molecule has 20 heavy (non-hydrogen) atoms. The van der Waals surface area contributed by atoms with Crippen LogP contribution in [0.5, 0.6) is 5.75 Å². The Morgan fingerprint density at radius 1 is 1.20 bits per heavy atom. The molecule has 2 heterocycles. The maximum absolute atomic E-state index is 9.42. The molecule has 2 aliphatic rings. The van der Waals surface area contributed by atoms with Gasteiger partial charge in [0.25, 0.3) is 0 Å². The molecule has 0 aliphatic carbocycles. The van der Waals surface area contributed by atoms with Crippen LogP contribution >= 0.6 is 0 Å². The molecule has 2 aliphatic heterocycles. The molecule has 3 heteroatoms. The Kier molecular flexibility index (Phi) is 4.27. The normalized spacial score (nSPS) is 28.2. The zero-order valence-corrected chi connectivity index (χ0v) is 12.4. The van der Waals surface area contributed by atoms with Crippen molar-refractivity contribution in [2.24, 2.45) is 0 Å². The molecule has 0 saturated carbocycles. The van der Waals surface area contributed by atoms with Gasteiger partial charge >= 0.3 is 0 Å². The van der Waals surface area contributed by atoms with E-state index in [4.69, 9.17) is 0 Å². The molecule has 2 fully saturated rings. The lowest BCUT2D eigenvalue weighted by atomic mass is 9.96. The van der Waals surface area contributed by atoms with E-state index in [0.29, 0.717) is 17.8 Å². The molecule has 2 N–H and O–H groups in total. The number of phenols is 1. The molecule has 0 aromatic heterocycles. The highest BCUT2D eigenvalue weighted by atomic mass is 16.3. The van der Waals surface area contributed by atoms with Crippen LogP contribution in [0.4, 0.5) is 0 Å². The van der Waals surface area contributed by atoms with Crippen molar-refractivity contribution in [3.8, 4) is 5.75 Å². The van der Waals surface area contributed by atoms with Crippen LogP contribution in [-0.2, 0) is 0 Å². The predicted octanol–water partition coefficient (Wildman–Crippen LogP) is 3.06. The Bertz CT molecular complexity index is 431. The Morgan fingerprint density at radius 2 is 2.00 bits per heavy atom. The fraction of sp³-hybridized carbons (Fsp3) is 0.647. The Labute approximate surface area is 122 Å². The first kappa shape index (κ1) is 13.9. The van der Waals surface area contributed by atoms with Gasteiger partial charge in [-0.2, -0.15) is 0 Å². The molecule has 3 nitrogen and oxygen atoms in total. The lowest BCUT2D eigenvalue weighted by molar-refractivity contribution is 0.176. The summed E-state index contributed by atoms with van der Waals surface area (Å²) in [5.74, 6) is 0.350. The quantitative estimate of drug-likeness (QED) is 0.886. The van der Waals surface area contributed by atoms with Gasteiger partial charge in [0.05, 0.1) is 0 Å². The van der Waals surface area contributed by atoms with Crippen molar-refractivity contribution in [2.45, 2.75) is 57.2 Å². The molecule has 2 saturated heterocycles. The number of nitrogens with zero attached hydrogens (tertiary/aromatic N) is 1. The van der Waals surface area contributed by atoms with Crippen LogP contribution in [0, 0.1) is 0 Å². The number of nitrogens with one attached hydrogen (secondary N) is 1. The zero-order valence-electron chi connectivity index (χ0n) is 12.4. The number of hydrogen-bond donors (Lipinski definition) is 2. The average molecular weight is 274 g/mol. The van der Waals surface area contributed by atoms with E-state index < -0.39 is 0 Å². The summed E-state index contributed by atoms with van der Waals surface area (Å²) in [6.45, 7) is 4.78. The Balaban J connectivity index is 1.67. The summed E-state index contributed by atoms with van der Waals surface area (Å²) in [6.07, 6.45) is 6.48. The van der Waals surface area contributed by atoms with Crippen LogP contribution in [0.15, 0.2) is 24.3 Å². The summed E-state index contributed by atoms with van der Waals surface area (Å²) in [5, 5.41) is 13.3. The van der Waals surface area contributed by atoms with Crippen molar-refractivity contribution in [2.75, 3.05) is 13.1 Å². The molecule has 0 amide bonds. The second kappa shape index (κ2) is 6.15. The topological polar surface area (TPSA) is 35.5 Å². The van der Waals surface area contributed by atoms with Crippen molar-refractivity contribution in [3.63, 3.8) is 0 Å². The number of piperidine rings is 1. The zero-order chi connectivity index (χ0) is 13.9. The third kappa shape index (κ3) is 2.84. The van der Waals surface area contributed by atoms with E-state index in [-0.39, 0.29) is 0 Å². The first-order valence-corrected chi connectivity index (χ1v) is 8.07. The molecule has 0 radical (unpaired) electrons. The van der Waals surface area contributed by atoms with Crippen molar-refractivity contribution in [1.29, 1.82) is 0 Å². The molecule has 0 bridgehead atoms. The summed E-state index contributed by atoms with van der Waals surface area (Å²) < 4.78 is 0. The number of fused-ring (bicyclic) bond motifs is 1. The van der Waals surface area contributed by atoms with Gasteiger partial charge in [-0.25, -0.2) is 0 Å². The van der Waals surface area contributed by atoms with Crippen LogP contribution in [0.3, 0.4) is 0 Å². The van der Waals surface area contributed by atoms with Gasteiger partial charge in [0, 0.05) is 24.7 Å². The smallest absolute Gasteiger partial charge is 0.115 e. The van der Waals surface area contributed by atoms with E-state index in [0.717, 1.165) is 12.5 Å². The van der Waals surface area contributed by atoms with Gasteiger partial charge in [-0.05, 0) is 49.9 Å². The molecular formula is C17H26N2O. The molecule has 3 unspecified atom stereocenters. The van der Waals surface area contributed by atoms with Crippen LogP contribution in [0.25, 0.3) is 0 Å². The number of aromatic hydroxyl groups is 1. The molecular weight excluding hydrogens is 248 g/mol. The second-order valence-corrected chi connectivity index (χ2v) is 6.21. The van der Waals surface area contributed by atoms with Crippen molar-refractivity contribution in [3.05, 3.63) is 29.8 Å². The largest absolute Gasteiger partial charge is 0.508 e. The first-order valence-electron chi connectivity index (χ1n) is 8.07. The minimum Gasteiger partial charge on any atom is -0.508 e. The third-order valence-electron chi connectivity index (χ3n) is 4.97. The van der Waals surface area contributed by atoms with E-state index in [2.05, 4.69) is 17.1 Å². The maximum Gasteiger partial charge on any atom is 0.115 e. The molecule has 0 spiro atoms. The van der Waals surface area contributed by atoms with E-state index in [1.54, 1.807) is 12.1 Å². The van der Waals surface area contributed by atoms with Gasteiger partial charge in [0.2, 0.25) is 0 Å². The standard InChI is InChI=1S/C17H26N2O/c1-2-15(13-6-8-14(20)9-7-13)18-16-10-12-19-11-4-3-5-17(16)19/h6-9,15-18,20H,2-5,10-12H2,1H3. The Hall–Kier alpha value is -1.06. The van der Waals surface area contributed by atoms with Gasteiger partial charge in [0.1, 0.15) is 5.75 Å². The van der Waals surface area contributed by atoms with Gasteiger partial charge in [-0.3, -0.25) is 4.90 Å². The summed E-state index contributed by atoms with van der Waals surface area (Å²) in [5.41, 5.74) is 1.29. The highest BCUT2D eigenvalue weighted by molar-refractivity contribution is 5.28. The fourth-order valence-corrected chi connectivity index (χ4v) is 3.86. The predicted molar refractivity (Wildman–Crippen MR) is 81.9 cm³/mol. The van der Waals surface area contributed by atoms with Gasteiger partial charge < -0.3 is 10.4 Å². The minimum atomic E-state index is 0.350. The van der Waals surface area contributed by atoms with Crippen molar-refractivity contribution < 1.29 is 5.11 Å². The average Bonchev–Trinajstić information content (AvgIpc) is 2.89. The summed E-state index contributed by atoms with van der Waals surface area (Å²) in [7, 11) is 0. The number of benzene rings is 1. The SMILES string of the molecule is CCC(NC1CCN2CCCCC12)c1ccc(O)cc1. The molecule has 3 rings (SSSR count). The highest BCUT2D eigenvalue weighted by Gasteiger charge is 2.36. The monoisotopic (exact) mass is 274 g/mol. The van der Waals surface area contributed by atoms with E-state index in [1.807, 2.05) is 12.1 Å². The first-order chi connectivity index (χ1) is 9.78. The summed E-state index contributed by atoms with van der Waals surface area (Å²) in [4.78, 5) is 2.67. The number of hydrogen-bond acceptors (Lipinski definition) is 3. The summed E-state index contributed by atoms with van der Waals surface area (Å²) in [6, 6.07) is 9.46. The lowest BCUT2D eigenvalue weighted by Gasteiger charge is -2.34. The second-order valence-electron chi connectivity index (χ2n) is 6.21. The number of phenolic OH excluding ortho intramolecular Hbond substituents is 1. The van der Waals surface area contributed by atoms with Crippen LogP contribution in [-0.4, -0.2) is 35.2 Å². The van der Waals surface area contributed by atoms with E-state index >= 15 is 0 Å². The Morgan fingerprint density at radius 3 is 2.75 bits per heavy atom. The molecule has 1 aromatic rings. The van der Waals surface area contributed by atoms with Crippen LogP contribution < -0.4 is 5.32 Å². The van der Waals surface area contributed by atoms with Crippen molar-refractivity contribution >= 4 is 0 Å². The van der Waals surface area contributed by atoms with Crippen LogP contribution in [0.1, 0.15) is 50.6 Å². The van der Waals surface area contributed by atoms with Crippen molar-refractivity contribution in [1.82, 2.24) is 10.2 Å². The van der Waals surface area contributed by atoms with Gasteiger partial charge in [-0.1, -0.05) is 25.5 Å². The molecule has 1 aromatic carbocycles. The fourth-order valence-electron chi connectivity index (χ4n) is 3.86. The van der Waals surface area contributed by atoms with Gasteiger partial charge in [-0.15, -0.1) is 0 Å². The summed E-state index contributed by atoms with van der Waals surface area (Å²) >= 11 is 0.